The van der Waals surface area contributed by atoms with Gasteiger partial charge < -0.3 is 14.8 Å². The number of hydrogen-bond donors (Lipinski definition) is 1. The summed E-state index contributed by atoms with van der Waals surface area (Å²) in [4.78, 5) is 39.4. The maximum Gasteiger partial charge on any atom is 0.263 e. The molecule has 0 spiro atoms. The highest BCUT2D eigenvalue weighted by Gasteiger charge is 2.55. The number of nitrogens with zero attached hydrogens (tertiary/aromatic N) is 4. The van der Waals surface area contributed by atoms with Crippen LogP contribution in [0.25, 0.3) is 0 Å². The Hall–Kier alpha value is -3.37. The van der Waals surface area contributed by atoms with E-state index < -0.39 is 29.8 Å². The van der Waals surface area contributed by atoms with Gasteiger partial charge in [0.1, 0.15) is 18.0 Å². The molecule has 2 aromatic rings. The third kappa shape index (κ3) is 3.82. The van der Waals surface area contributed by atoms with E-state index in [1.54, 1.807) is 24.3 Å². The van der Waals surface area contributed by atoms with Gasteiger partial charge >= 0.3 is 0 Å². The average molecular weight is 478 g/mol. The second-order valence-corrected chi connectivity index (χ2v) is 7.76. The average Bonchev–Trinajstić information content (AvgIpc) is 3.28. The van der Waals surface area contributed by atoms with Crippen molar-refractivity contribution >= 4 is 52.3 Å². The lowest BCUT2D eigenvalue weighted by atomic mass is 10.1. The largest absolute Gasteiger partial charge is 0.495 e. The predicted molar refractivity (Wildman–Crippen MR) is 116 cm³/mol. The van der Waals surface area contributed by atoms with Crippen LogP contribution >= 0.6 is 23.2 Å². The van der Waals surface area contributed by atoms with E-state index in [0.29, 0.717) is 27.9 Å². The van der Waals surface area contributed by atoms with Crippen LogP contribution in [0.1, 0.15) is 0 Å². The normalized spacial score (nSPS) is 19.4. The molecule has 2 aromatic carbocycles. The molecule has 1 fully saturated rings. The van der Waals surface area contributed by atoms with Crippen molar-refractivity contribution < 1.29 is 23.9 Å². The van der Waals surface area contributed by atoms with Gasteiger partial charge in [-0.3, -0.25) is 19.4 Å². The molecule has 1 N–H and O–H groups in total. The van der Waals surface area contributed by atoms with Gasteiger partial charge in [0.2, 0.25) is 5.91 Å². The summed E-state index contributed by atoms with van der Waals surface area (Å²) in [6, 6.07) is 7.27. The van der Waals surface area contributed by atoms with E-state index in [9.17, 15) is 14.4 Å². The van der Waals surface area contributed by atoms with Gasteiger partial charge in [0.05, 0.1) is 30.6 Å². The molecule has 12 heteroatoms. The fraction of sp³-hybridized carbons (Fsp3) is 0.250. The van der Waals surface area contributed by atoms with Crippen LogP contribution in [0.4, 0.5) is 11.4 Å². The number of anilines is 2. The first-order valence-corrected chi connectivity index (χ1v) is 10.1. The number of amides is 3. The van der Waals surface area contributed by atoms with Gasteiger partial charge in [-0.2, -0.15) is 5.11 Å². The summed E-state index contributed by atoms with van der Waals surface area (Å²) >= 11 is 12.0. The fourth-order valence-electron chi connectivity index (χ4n) is 3.49. The Morgan fingerprint density at radius 3 is 2.41 bits per heavy atom. The van der Waals surface area contributed by atoms with Crippen molar-refractivity contribution in [1.29, 1.82) is 0 Å². The number of hydrogen-bond acceptors (Lipinski definition) is 8. The minimum Gasteiger partial charge on any atom is -0.495 e. The van der Waals surface area contributed by atoms with Crippen molar-refractivity contribution in [2.24, 2.45) is 10.3 Å². The predicted octanol–water partition coefficient (Wildman–Crippen LogP) is 2.94. The number of carbonyl (C=O) groups is 3. The zero-order chi connectivity index (χ0) is 23.0. The van der Waals surface area contributed by atoms with E-state index in [-0.39, 0.29) is 11.6 Å². The Balaban J connectivity index is 1.49. The van der Waals surface area contributed by atoms with Crippen LogP contribution in [0.5, 0.6) is 11.5 Å². The molecule has 32 heavy (non-hydrogen) atoms. The molecule has 1 saturated heterocycles. The molecule has 0 aliphatic carbocycles. The second kappa shape index (κ2) is 8.64. The zero-order valence-electron chi connectivity index (χ0n) is 16.9. The summed E-state index contributed by atoms with van der Waals surface area (Å²) in [5.41, 5.74) is 0.684. The fourth-order valence-corrected chi connectivity index (χ4v) is 3.86. The summed E-state index contributed by atoms with van der Waals surface area (Å²) in [5, 5.41) is 12.4. The zero-order valence-corrected chi connectivity index (χ0v) is 18.4. The molecule has 2 aliphatic rings. The molecule has 2 heterocycles. The van der Waals surface area contributed by atoms with E-state index in [4.69, 9.17) is 32.7 Å². The SMILES string of the molecule is COc1cc(OC)c(NC(=O)CN2N=N[C@@H]3C(=O)N(c4ccc(Cl)cc4)C(=O)[C@@H]32)cc1Cl. The molecule has 10 nitrogen and oxygen atoms in total. The summed E-state index contributed by atoms with van der Waals surface area (Å²) in [6.45, 7) is -0.315. The number of halogens is 2. The third-order valence-electron chi connectivity index (χ3n) is 5.00. The second-order valence-electron chi connectivity index (χ2n) is 6.92. The Morgan fingerprint density at radius 1 is 1.06 bits per heavy atom. The Morgan fingerprint density at radius 2 is 1.75 bits per heavy atom. The van der Waals surface area contributed by atoms with Crippen LogP contribution in [0.2, 0.25) is 10.0 Å². The highest BCUT2D eigenvalue weighted by molar-refractivity contribution is 6.32. The van der Waals surface area contributed by atoms with E-state index in [0.717, 1.165) is 4.90 Å². The topological polar surface area (TPSA) is 113 Å². The monoisotopic (exact) mass is 477 g/mol. The van der Waals surface area contributed by atoms with Gasteiger partial charge in [-0.05, 0) is 30.3 Å². The van der Waals surface area contributed by atoms with Crippen LogP contribution < -0.4 is 19.7 Å². The minimum atomic E-state index is -1.02. The molecule has 2 atom stereocenters. The number of methoxy groups -OCH3 is 2. The molecule has 3 amide bonds. The molecule has 166 valence electrons. The van der Waals surface area contributed by atoms with Crippen LogP contribution in [0.15, 0.2) is 46.7 Å². The van der Waals surface area contributed by atoms with Crippen LogP contribution in [0.3, 0.4) is 0 Å². The molecular formula is C20H17Cl2N5O5. The smallest absolute Gasteiger partial charge is 0.263 e. The Bertz CT molecular complexity index is 1120. The standard InChI is InChI=1S/C20H17Cl2N5O5/c1-31-14-8-15(32-2)13(7-12(14)22)23-16(28)9-26-18-17(24-25-26)19(29)27(20(18)30)11-5-3-10(21)4-6-11/h3-8,17-18H,9H2,1-2H3,(H,23,28)/t17-,18+/m0/s1. The highest BCUT2D eigenvalue weighted by Crippen LogP contribution is 2.36. The first kappa shape index (κ1) is 21.8. The summed E-state index contributed by atoms with van der Waals surface area (Å²) in [5.74, 6) is -0.825. The lowest BCUT2D eigenvalue weighted by Crippen LogP contribution is -2.43. The van der Waals surface area contributed by atoms with E-state index in [1.165, 1.54) is 31.4 Å². The summed E-state index contributed by atoms with van der Waals surface area (Å²) in [7, 11) is 2.90. The molecule has 0 radical (unpaired) electrons. The van der Waals surface area contributed by atoms with Gasteiger partial charge in [-0.25, -0.2) is 4.90 Å². The number of fused-ring (bicyclic) bond motifs is 1. The van der Waals surface area contributed by atoms with E-state index >= 15 is 0 Å². The molecule has 0 aromatic heterocycles. The molecule has 4 rings (SSSR count). The Kier molecular flexibility index (Phi) is 5.90. The van der Waals surface area contributed by atoms with Gasteiger partial charge in [0, 0.05) is 11.1 Å². The molecule has 2 aliphatic heterocycles. The first-order chi connectivity index (χ1) is 15.3. The first-order valence-electron chi connectivity index (χ1n) is 9.36. The number of ether oxygens (including phenoxy) is 2. The van der Waals surface area contributed by atoms with Gasteiger partial charge in [-0.1, -0.05) is 28.4 Å². The highest BCUT2D eigenvalue weighted by atomic mass is 35.5. The van der Waals surface area contributed by atoms with Crippen LogP contribution in [-0.2, 0) is 14.4 Å². The number of carbonyl (C=O) groups excluding carboxylic acids is 3. The minimum absolute atomic E-state index is 0.277. The van der Waals surface area contributed by atoms with Crippen molar-refractivity contribution in [1.82, 2.24) is 5.01 Å². The van der Waals surface area contributed by atoms with Gasteiger partial charge in [-0.15, -0.1) is 0 Å². The Labute approximate surface area is 192 Å². The van der Waals surface area contributed by atoms with Crippen molar-refractivity contribution in [3.8, 4) is 11.5 Å². The summed E-state index contributed by atoms with van der Waals surface area (Å²) < 4.78 is 10.4. The number of rotatable bonds is 6. The lowest BCUT2D eigenvalue weighted by Gasteiger charge is -2.20. The van der Waals surface area contributed by atoms with E-state index in [1.807, 2.05) is 0 Å². The maximum atomic E-state index is 13.0. The van der Waals surface area contributed by atoms with Gasteiger partial charge in [0.15, 0.2) is 12.1 Å². The van der Waals surface area contributed by atoms with Crippen molar-refractivity contribution in [2.45, 2.75) is 12.1 Å². The van der Waals surface area contributed by atoms with Crippen LogP contribution in [0, 0.1) is 0 Å². The molecule has 0 bridgehead atoms. The van der Waals surface area contributed by atoms with Crippen LogP contribution in [-0.4, -0.2) is 55.6 Å². The maximum absolute atomic E-state index is 13.0. The van der Waals surface area contributed by atoms with Crippen molar-refractivity contribution in [3.05, 3.63) is 46.4 Å². The third-order valence-corrected chi connectivity index (χ3v) is 5.54. The quantitative estimate of drug-likeness (QED) is 0.639. The molecular weight excluding hydrogens is 461 g/mol. The number of nitrogens with one attached hydrogen (secondary N) is 1. The van der Waals surface area contributed by atoms with Crippen molar-refractivity contribution in [2.75, 3.05) is 31.0 Å². The van der Waals surface area contributed by atoms with Crippen molar-refractivity contribution in [3.63, 3.8) is 0 Å². The summed E-state index contributed by atoms with van der Waals surface area (Å²) in [6.07, 6.45) is 0. The van der Waals surface area contributed by atoms with E-state index in [2.05, 4.69) is 15.7 Å². The molecule has 0 saturated carbocycles. The molecule has 0 unspecified atom stereocenters. The number of imide groups is 1. The van der Waals surface area contributed by atoms with Gasteiger partial charge in [0.25, 0.3) is 11.8 Å². The lowest BCUT2D eigenvalue weighted by molar-refractivity contribution is -0.123. The number of benzene rings is 2.